The molecule has 1 atom stereocenters. The van der Waals surface area contributed by atoms with Gasteiger partial charge in [0.25, 0.3) is 0 Å². The zero-order valence-corrected chi connectivity index (χ0v) is 14.7. The molecule has 120 valence electrons. The van der Waals surface area contributed by atoms with Crippen LogP contribution in [0.5, 0.6) is 0 Å². The van der Waals surface area contributed by atoms with E-state index in [-0.39, 0.29) is 24.3 Å². The van der Waals surface area contributed by atoms with Crippen LogP contribution in [0, 0.1) is 6.92 Å². The lowest BCUT2D eigenvalue weighted by molar-refractivity contribution is -0.120. The van der Waals surface area contributed by atoms with Crippen LogP contribution in [0.25, 0.3) is 0 Å². The molecule has 0 saturated heterocycles. The summed E-state index contributed by atoms with van der Waals surface area (Å²) in [7, 11) is 0. The molecule has 0 aliphatic carbocycles. The summed E-state index contributed by atoms with van der Waals surface area (Å²) in [5, 5.41) is 5.70. The van der Waals surface area contributed by atoms with Gasteiger partial charge in [-0.05, 0) is 36.2 Å². The van der Waals surface area contributed by atoms with Crippen LogP contribution in [0.15, 0.2) is 53.0 Å². The molecule has 2 N–H and O–H groups in total. The third-order valence-electron chi connectivity index (χ3n) is 3.41. The summed E-state index contributed by atoms with van der Waals surface area (Å²) in [6.07, 6.45) is 0.179. The summed E-state index contributed by atoms with van der Waals surface area (Å²) >= 11 is 3.43. The van der Waals surface area contributed by atoms with Gasteiger partial charge in [-0.3, -0.25) is 9.59 Å². The van der Waals surface area contributed by atoms with Crippen LogP contribution in [-0.2, 0) is 9.59 Å². The van der Waals surface area contributed by atoms with Crippen LogP contribution >= 0.6 is 15.9 Å². The zero-order valence-electron chi connectivity index (χ0n) is 13.1. The molecule has 5 heteroatoms. The summed E-state index contributed by atoms with van der Waals surface area (Å²) in [6, 6.07) is 14.8. The molecule has 2 aromatic rings. The SMILES string of the molecule is CC(=O)N[C@@H](CC(=O)Nc1ccc(Br)c(C)c1)c1ccccc1. The summed E-state index contributed by atoms with van der Waals surface area (Å²) in [4.78, 5) is 23.7. The fourth-order valence-corrected chi connectivity index (χ4v) is 2.55. The van der Waals surface area contributed by atoms with Crippen molar-refractivity contribution in [2.75, 3.05) is 5.32 Å². The number of anilines is 1. The summed E-state index contributed by atoms with van der Waals surface area (Å²) in [5.41, 5.74) is 2.69. The average molecular weight is 375 g/mol. The molecular formula is C18H19BrN2O2. The monoisotopic (exact) mass is 374 g/mol. The van der Waals surface area contributed by atoms with E-state index in [1.165, 1.54) is 6.92 Å². The Bertz CT molecular complexity index is 701. The van der Waals surface area contributed by atoms with Crippen molar-refractivity contribution in [1.29, 1.82) is 0 Å². The second-order valence-corrected chi connectivity index (χ2v) is 6.23. The van der Waals surface area contributed by atoms with E-state index in [0.717, 1.165) is 21.3 Å². The van der Waals surface area contributed by atoms with Gasteiger partial charge in [0.15, 0.2) is 0 Å². The lowest BCUT2D eigenvalue weighted by Crippen LogP contribution is -2.29. The van der Waals surface area contributed by atoms with E-state index in [9.17, 15) is 9.59 Å². The highest BCUT2D eigenvalue weighted by Gasteiger charge is 2.17. The predicted octanol–water partition coefficient (Wildman–Crippen LogP) is 3.96. The minimum absolute atomic E-state index is 0.144. The minimum atomic E-state index is -0.342. The average Bonchev–Trinajstić information content (AvgIpc) is 2.51. The Morgan fingerprint density at radius 2 is 1.83 bits per heavy atom. The molecule has 4 nitrogen and oxygen atoms in total. The van der Waals surface area contributed by atoms with E-state index in [0.29, 0.717) is 0 Å². The van der Waals surface area contributed by atoms with E-state index in [1.807, 2.05) is 55.5 Å². The molecule has 0 aromatic heterocycles. The molecule has 0 bridgehead atoms. The Morgan fingerprint density at radius 1 is 1.13 bits per heavy atom. The number of carbonyl (C=O) groups excluding carboxylic acids is 2. The number of hydrogen-bond acceptors (Lipinski definition) is 2. The first-order valence-corrected chi connectivity index (χ1v) is 8.13. The fraction of sp³-hybridized carbons (Fsp3) is 0.222. The van der Waals surface area contributed by atoms with Gasteiger partial charge in [-0.25, -0.2) is 0 Å². The van der Waals surface area contributed by atoms with E-state index in [1.54, 1.807) is 0 Å². The summed E-state index contributed by atoms with van der Waals surface area (Å²) in [6.45, 7) is 3.41. The molecule has 0 radical (unpaired) electrons. The largest absolute Gasteiger partial charge is 0.349 e. The lowest BCUT2D eigenvalue weighted by atomic mass is 10.0. The third-order valence-corrected chi connectivity index (χ3v) is 4.30. The number of carbonyl (C=O) groups is 2. The number of rotatable bonds is 5. The van der Waals surface area contributed by atoms with Gasteiger partial charge in [0, 0.05) is 17.1 Å². The quantitative estimate of drug-likeness (QED) is 0.831. The van der Waals surface area contributed by atoms with Crippen molar-refractivity contribution < 1.29 is 9.59 Å². The van der Waals surface area contributed by atoms with Crippen molar-refractivity contribution >= 4 is 33.4 Å². The summed E-state index contributed by atoms with van der Waals surface area (Å²) in [5.74, 6) is -0.305. The number of aryl methyl sites for hydroxylation is 1. The highest BCUT2D eigenvalue weighted by atomic mass is 79.9. The van der Waals surface area contributed by atoms with E-state index in [4.69, 9.17) is 0 Å². The second-order valence-electron chi connectivity index (χ2n) is 5.38. The maximum absolute atomic E-state index is 12.3. The minimum Gasteiger partial charge on any atom is -0.349 e. The Balaban J connectivity index is 2.08. The third kappa shape index (κ3) is 5.21. The van der Waals surface area contributed by atoms with E-state index in [2.05, 4.69) is 26.6 Å². The van der Waals surface area contributed by atoms with Crippen LogP contribution in [0.4, 0.5) is 5.69 Å². The topological polar surface area (TPSA) is 58.2 Å². The molecule has 0 fully saturated rings. The van der Waals surface area contributed by atoms with Gasteiger partial charge in [0.1, 0.15) is 0 Å². The van der Waals surface area contributed by atoms with Gasteiger partial charge >= 0.3 is 0 Å². The zero-order chi connectivity index (χ0) is 16.8. The van der Waals surface area contributed by atoms with Crippen LogP contribution in [0.2, 0.25) is 0 Å². The first-order valence-electron chi connectivity index (χ1n) is 7.34. The van der Waals surface area contributed by atoms with Crippen LogP contribution in [0.3, 0.4) is 0 Å². The smallest absolute Gasteiger partial charge is 0.226 e. The standard InChI is InChI=1S/C18H19BrN2O2/c1-12-10-15(8-9-16(12)19)21-18(23)11-17(20-13(2)22)14-6-4-3-5-7-14/h3-10,17H,11H2,1-2H3,(H,20,22)(H,21,23)/t17-/m0/s1. The predicted molar refractivity (Wildman–Crippen MR) is 95.1 cm³/mol. The van der Waals surface area contributed by atoms with E-state index < -0.39 is 0 Å². The summed E-state index contributed by atoms with van der Waals surface area (Å²) < 4.78 is 0.996. The van der Waals surface area contributed by atoms with Crippen molar-refractivity contribution in [1.82, 2.24) is 5.32 Å². The molecule has 2 aromatic carbocycles. The number of nitrogens with one attached hydrogen (secondary N) is 2. The molecule has 23 heavy (non-hydrogen) atoms. The first kappa shape index (κ1) is 17.2. The molecule has 0 saturated carbocycles. The molecule has 0 unspecified atom stereocenters. The van der Waals surface area contributed by atoms with Gasteiger partial charge in [-0.1, -0.05) is 46.3 Å². The maximum atomic E-state index is 12.3. The van der Waals surface area contributed by atoms with Crippen LogP contribution in [0.1, 0.15) is 30.5 Å². The van der Waals surface area contributed by atoms with Gasteiger partial charge < -0.3 is 10.6 Å². The maximum Gasteiger partial charge on any atom is 0.226 e. The Hall–Kier alpha value is -2.14. The Morgan fingerprint density at radius 3 is 2.43 bits per heavy atom. The van der Waals surface area contributed by atoms with E-state index >= 15 is 0 Å². The van der Waals surface area contributed by atoms with Gasteiger partial charge in [-0.2, -0.15) is 0 Å². The highest BCUT2D eigenvalue weighted by molar-refractivity contribution is 9.10. The number of amides is 2. The Kier molecular flexibility index (Phi) is 5.93. The van der Waals surface area contributed by atoms with Crippen LogP contribution < -0.4 is 10.6 Å². The fourth-order valence-electron chi connectivity index (χ4n) is 2.30. The molecule has 0 heterocycles. The first-order chi connectivity index (χ1) is 11.0. The highest BCUT2D eigenvalue weighted by Crippen LogP contribution is 2.21. The number of hydrogen-bond donors (Lipinski definition) is 2. The van der Waals surface area contributed by atoms with Crippen LogP contribution in [-0.4, -0.2) is 11.8 Å². The molecular weight excluding hydrogens is 356 g/mol. The van der Waals surface area contributed by atoms with Crippen molar-refractivity contribution in [2.24, 2.45) is 0 Å². The van der Waals surface area contributed by atoms with Gasteiger partial charge in [0.05, 0.1) is 12.5 Å². The van der Waals surface area contributed by atoms with Crippen molar-refractivity contribution in [3.63, 3.8) is 0 Å². The number of benzene rings is 2. The van der Waals surface area contributed by atoms with Gasteiger partial charge in [0.2, 0.25) is 11.8 Å². The second kappa shape index (κ2) is 7.92. The molecule has 0 aliphatic rings. The van der Waals surface area contributed by atoms with Crippen molar-refractivity contribution in [3.8, 4) is 0 Å². The normalized spacial score (nSPS) is 11.6. The van der Waals surface area contributed by atoms with Crippen molar-refractivity contribution in [2.45, 2.75) is 26.3 Å². The molecule has 2 rings (SSSR count). The van der Waals surface area contributed by atoms with Gasteiger partial charge in [-0.15, -0.1) is 0 Å². The van der Waals surface area contributed by atoms with Crippen molar-refractivity contribution in [3.05, 3.63) is 64.1 Å². The molecule has 2 amide bonds. The molecule has 0 aliphatic heterocycles. The Labute approximate surface area is 144 Å². The lowest BCUT2D eigenvalue weighted by Gasteiger charge is -2.18. The number of halogens is 1. The molecule has 0 spiro atoms.